The Kier molecular flexibility index (Phi) is 5.33. The van der Waals surface area contributed by atoms with Crippen LogP contribution in [0, 0.1) is 0 Å². The van der Waals surface area contributed by atoms with Gasteiger partial charge in [0.05, 0.1) is 6.04 Å². The first kappa shape index (κ1) is 19.6. The average Bonchev–Trinajstić information content (AvgIpc) is 3.18. The number of hydrogen-bond acceptors (Lipinski definition) is 5. The maximum atomic E-state index is 12.5. The molecule has 0 spiro atoms. The second-order valence-corrected chi connectivity index (χ2v) is 9.73. The zero-order valence-electron chi connectivity index (χ0n) is 13.3. The van der Waals surface area contributed by atoms with Crippen molar-refractivity contribution in [2.75, 3.05) is 13.2 Å². The van der Waals surface area contributed by atoms with Crippen molar-refractivity contribution >= 4 is 57.0 Å². The molecule has 3 heterocycles. The van der Waals surface area contributed by atoms with Gasteiger partial charge in [0.2, 0.25) is 9.75 Å². The first-order valence-corrected chi connectivity index (χ1v) is 10.2. The van der Waals surface area contributed by atoms with Gasteiger partial charge in [0.15, 0.2) is 0 Å². The molecule has 0 aliphatic carbocycles. The van der Waals surface area contributed by atoms with E-state index in [1.807, 2.05) is 4.72 Å². The Morgan fingerprint density at radius 2 is 2.19 bits per heavy atom. The minimum absolute atomic E-state index is 0.0749. The molecule has 1 aromatic heterocycles. The summed E-state index contributed by atoms with van der Waals surface area (Å²) in [6.45, 7) is -0.0605. The second-order valence-electron chi connectivity index (χ2n) is 5.87. The summed E-state index contributed by atoms with van der Waals surface area (Å²) in [6.07, 6.45) is 2.74. The molecule has 0 aromatic carbocycles. The van der Waals surface area contributed by atoms with Crippen molar-refractivity contribution in [3.05, 3.63) is 24.0 Å². The van der Waals surface area contributed by atoms with Crippen LogP contribution in [0.2, 0.25) is 0 Å². The van der Waals surface area contributed by atoms with Crippen LogP contribution in [0.1, 0.15) is 29.5 Å². The lowest BCUT2D eigenvalue weighted by Crippen LogP contribution is -2.48. The highest BCUT2D eigenvalue weighted by Gasteiger charge is 2.42. The van der Waals surface area contributed by atoms with E-state index in [0.717, 1.165) is 12.8 Å². The van der Waals surface area contributed by atoms with Crippen LogP contribution in [0.15, 0.2) is 23.3 Å². The molecule has 13 heteroatoms. The first-order chi connectivity index (χ1) is 12.1. The zero-order valence-corrected chi connectivity index (χ0v) is 16.4. The lowest BCUT2D eigenvalue weighted by Gasteiger charge is -2.36. The average molecular weight is 445 g/mol. The van der Waals surface area contributed by atoms with E-state index >= 15 is 0 Å². The van der Waals surface area contributed by atoms with Crippen molar-refractivity contribution in [1.82, 2.24) is 14.2 Å². The number of nitrogens with two attached hydrogens (primary N) is 1. The van der Waals surface area contributed by atoms with Crippen molar-refractivity contribution in [3.63, 3.8) is 0 Å². The molecule has 0 bridgehead atoms. The van der Waals surface area contributed by atoms with E-state index < -0.39 is 26.9 Å². The van der Waals surface area contributed by atoms with Gasteiger partial charge in [-0.25, -0.2) is 13.9 Å². The van der Waals surface area contributed by atoms with E-state index in [-0.39, 0.29) is 17.9 Å². The molecular weight excluding hydrogens is 429 g/mol. The van der Waals surface area contributed by atoms with Gasteiger partial charge in [0.1, 0.15) is 18.5 Å². The summed E-state index contributed by atoms with van der Waals surface area (Å²) in [6, 6.07) is 3.21. The number of halogens is 3. The van der Waals surface area contributed by atoms with E-state index in [4.69, 9.17) is 40.5 Å². The van der Waals surface area contributed by atoms with E-state index in [0.29, 0.717) is 12.2 Å². The highest BCUT2D eigenvalue weighted by atomic mass is 35.6. The third-order valence-corrected chi connectivity index (χ3v) is 5.28. The molecule has 0 saturated carbocycles. The lowest BCUT2D eigenvalue weighted by atomic mass is 10.1. The van der Waals surface area contributed by atoms with Gasteiger partial charge >= 0.3 is 10.3 Å². The van der Waals surface area contributed by atoms with Gasteiger partial charge in [-0.3, -0.25) is 4.79 Å². The fourth-order valence-electron chi connectivity index (χ4n) is 3.11. The van der Waals surface area contributed by atoms with Crippen LogP contribution in [0.5, 0.6) is 0 Å². The molecule has 0 unspecified atom stereocenters. The molecule has 3 N–H and O–H groups in total. The third kappa shape index (κ3) is 4.20. The SMILES string of the molecule is N/C(=N\[C@H]1[C@@H]2CCCN2C(=O)c2cccn21)NS(=O)(=O)OCC(Cl)(Cl)Cl. The van der Waals surface area contributed by atoms with Crippen LogP contribution < -0.4 is 10.5 Å². The minimum atomic E-state index is -4.31. The van der Waals surface area contributed by atoms with Gasteiger partial charge in [0.25, 0.3) is 5.91 Å². The number of carbonyl (C=O) groups excluding carboxylic acids is 1. The molecular formula is C13H16Cl3N5O4S. The number of aromatic nitrogens is 1. The minimum Gasteiger partial charge on any atom is -0.369 e. The van der Waals surface area contributed by atoms with Crippen LogP contribution in [-0.4, -0.2) is 52.7 Å². The number of amides is 1. The highest BCUT2D eigenvalue weighted by Crippen LogP contribution is 2.35. The van der Waals surface area contributed by atoms with E-state index in [1.54, 1.807) is 27.8 Å². The molecule has 1 fully saturated rings. The van der Waals surface area contributed by atoms with Crippen molar-refractivity contribution in [2.24, 2.45) is 10.7 Å². The van der Waals surface area contributed by atoms with Crippen molar-refractivity contribution in [1.29, 1.82) is 0 Å². The summed E-state index contributed by atoms with van der Waals surface area (Å²) in [7, 11) is -4.31. The number of hydrogen-bond donors (Lipinski definition) is 2. The number of alkyl halides is 3. The van der Waals surface area contributed by atoms with Crippen LogP contribution in [0.3, 0.4) is 0 Å². The summed E-state index contributed by atoms with van der Waals surface area (Å²) in [5, 5.41) is 0. The molecule has 2 atom stereocenters. The predicted octanol–water partition coefficient (Wildman–Crippen LogP) is 1.14. The molecule has 26 heavy (non-hydrogen) atoms. The van der Waals surface area contributed by atoms with Crippen molar-refractivity contribution < 1.29 is 17.4 Å². The Labute approximate surface area is 165 Å². The van der Waals surface area contributed by atoms with Gasteiger partial charge in [-0.05, 0) is 25.0 Å². The smallest absolute Gasteiger partial charge is 0.362 e. The molecule has 1 saturated heterocycles. The van der Waals surface area contributed by atoms with Crippen LogP contribution in [0.4, 0.5) is 0 Å². The number of carbonyl (C=O) groups is 1. The topological polar surface area (TPSA) is 119 Å². The fourth-order valence-corrected chi connectivity index (χ4v) is 4.17. The largest absolute Gasteiger partial charge is 0.369 e. The van der Waals surface area contributed by atoms with E-state index in [2.05, 4.69) is 9.18 Å². The standard InChI is InChI=1S/C13H16Cl3N5O4S/c14-13(15,16)7-25-26(23,24)19-12(17)18-10-8-3-1-6-21(8)11(22)9-4-2-5-20(9)10/h2,4-5,8,10H,1,3,6-7H2,(H3,17,18,19)/t8-,10+/m0/s1. The Bertz CT molecular complexity index is 835. The van der Waals surface area contributed by atoms with Crippen LogP contribution in [-0.2, 0) is 14.5 Å². The van der Waals surface area contributed by atoms with Crippen LogP contribution in [0.25, 0.3) is 0 Å². The summed E-state index contributed by atoms with van der Waals surface area (Å²) < 4.78 is 30.0. The van der Waals surface area contributed by atoms with Gasteiger partial charge in [-0.1, -0.05) is 34.8 Å². The van der Waals surface area contributed by atoms with Gasteiger partial charge in [0, 0.05) is 12.7 Å². The molecule has 2 aliphatic heterocycles. The number of aliphatic imine (C=N–C) groups is 1. The fraction of sp³-hybridized carbons (Fsp3) is 0.538. The Morgan fingerprint density at radius 3 is 2.88 bits per heavy atom. The Hall–Kier alpha value is -1.20. The normalized spacial score (nSPS) is 23.7. The summed E-state index contributed by atoms with van der Waals surface area (Å²) >= 11 is 16.4. The number of nitrogens with zero attached hydrogens (tertiary/aromatic N) is 3. The Morgan fingerprint density at radius 1 is 1.46 bits per heavy atom. The zero-order chi connectivity index (χ0) is 19.1. The maximum Gasteiger partial charge on any atom is 0.362 e. The first-order valence-electron chi connectivity index (χ1n) is 7.62. The van der Waals surface area contributed by atoms with E-state index in [9.17, 15) is 13.2 Å². The Balaban J connectivity index is 1.80. The summed E-state index contributed by atoms with van der Waals surface area (Å²) in [5.74, 6) is -0.464. The van der Waals surface area contributed by atoms with Crippen molar-refractivity contribution in [2.45, 2.75) is 28.8 Å². The second kappa shape index (κ2) is 7.08. The van der Waals surface area contributed by atoms with Gasteiger partial charge < -0.3 is 15.2 Å². The molecule has 0 radical (unpaired) electrons. The lowest BCUT2D eigenvalue weighted by molar-refractivity contribution is 0.0619. The summed E-state index contributed by atoms with van der Waals surface area (Å²) in [4.78, 5) is 18.4. The number of rotatable bonds is 4. The van der Waals surface area contributed by atoms with Crippen LogP contribution >= 0.6 is 34.8 Å². The van der Waals surface area contributed by atoms with Gasteiger partial charge in [-0.2, -0.15) is 8.42 Å². The van der Waals surface area contributed by atoms with Crippen molar-refractivity contribution in [3.8, 4) is 0 Å². The molecule has 144 valence electrons. The monoisotopic (exact) mass is 443 g/mol. The quantitative estimate of drug-likeness (QED) is 0.410. The molecule has 1 amide bonds. The number of nitrogens with one attached hydrogen (secondary N) is 1. The summed E-state index contributed by atoms with van der Waals surface area (Å²) in [5.41, 5.74) is 6.21. The number of fused-ring (bicyclic) bond motifs is 2. The predicted molar refractivity (Wildman–Crippen MR) is 97.4 cm³/mol. The molecule has 9 nitrogen and oxygen atoms in total. The highest BCUT2D eigenvalue weighted by molar-refractivity contribution is 7.85. The van der Waals surface area contributed by atoms with Gasteiger partial charge in [-0.15, -0.1) is 0 Å². The molecule has 3 rings (SSSR count). The molecule has 2 aliphatic rings. The van der Waals surface area contributed by atoms with E-state index in [1.165, 1.54) is 0 Å². The maximum absolute atomic E-state index is 12.5. The molecule has 1 aromatic rings. The third-order valence-electron chi connectivity index (χ3n) is 4.07. The number of guanidine groups is 1.